The summed E-state index contributed by atoms with van der Waals surface area (Å²) in [6, 6.07) is 7.10. The van der Waals surface area contributed by atoms with Crippen molar-refractivity contribution >= 4 is 5.91 Å². The highest BCUT2D eigenvalue weighted by atomic mass is 16.3. The highest BCUT2D eigenvalue weighted by Gasteiger charge is 2.21. The van der Waals surface area contributed by atoms with Crippen LogP contribution >= 0.6 is 0 Å². The van der Waals surface area contributed by atoms with Gasteiger partial charge in [-0.15, -0.1) is 0 Å². The number of nitrogens with one attached hydrogen (secondary N) is 1. The van der Waals surface area contributed by atoms with Crippen molar-refractivity contribution in [2.24, 2.45) is 11.7 Å². The van der Waals surface area contributed by atoms with Crippen molar-refractivity contribution in [3.05, 3.63) is 29.8 Å². The molecule has 1 fully saturated rings. The standard InChI is InChI=1S/C14H20N2O2/c15-12-5-4-11(6-12)9-16-14(18)8-10-2-1-3-13(17)7-10/h1-3,7,11-12,17H,4-6,8-9,15H2,(H,16,18). The summed E-state index contributed by atoms with van der Waals surface area (Å²) in [6.07, 6.45) is 3.49. The third kappa shape index (κ3) is 3.74. The zero-order valence-electron chi connectivity index (χ0n) is 10.4. The van der Waals surface area contributed by atoms with Crippen LogP contribution < -0.4 is 11.1 Å². The van der Waals surface area contributed by atoms with E-state index in [-0.39, 0.29) is 11.7 Å². The lowest BCUT2D eigenvalue weighted by Crippen LogP contribution is -2.30. The molecule has 0 bridgehead atoms. The third-order valence-electron chi connectivity index (χ3n) is 3.44. The van der Waals surface area contributed by atoms with E-state index in [1.54, 1.807) is 18.2 Å². The number of carbonyl (C=O) groups excluding carboxylic acids is 1. The van der Waals surface area contributed by atoms with Gasteiger partial charge in [-0.3, -0.25) is 4.79 Å². The summed E-state index contributed by atoms with van der Waals surface area (Å²) in [5.41, 5.74) is 6.66. The quantitative estimate of drug-likeness (QED) is 0.749. The van der Waals surface area contributed by atoms with E-state index in [1.165, 1.54) is 0 Å². The first-order chi connectivity index (χ1) is 8.63. The molecule has 4 nitrogen and oxygen atoms in total. The summed E-state index contributed by atoms with van der Waals surface area (Å²) in [4.78, 5) is 11.7. The fourth-order valence-electron chi connectivity index (χ4n) is 2.47. The van der Waals surface area contributed by atoms with E-state index in [0.717, 1.165) is 24.8 Å². The number of nitrogens with two attached hydrogens (primary N) is 1. The normalized spacial score (nSPS) is 22.9. The fraction of sp³-hybridized carbons (Fsp3) is 0.500. The van der Waals surface area contributed by atoms with Crippen molar-refractivity contribution < 1.29 is 9.90 Å². The van der Waals surface area contributed by atoms with E-state index < -0.39 is 0 Å². The number of aromatic hydroxyl groups is 1. The van der Waals surface area contributed by atoms with Gasteiger partial charge in [-0.05, 0) is 42.9 Å². The van der Waals surface area contributed by atoms with Crippen molar-refractivity contribution in [3.8, 4) is 5.75 Å². The maximum absolute atomic E-state index is 11.7. The van der Waals surface area contributed by atoms with Crippen LogP contribution in [0.1, 0.15) is 24.8 Å². The predicted octanol–water partition coefficient (Wildman–Crippen LogP) is 1.18. The maximum Gasteiger partial charge on any atom is 0.224 e. The van der Waals surface area contributed by atoms with Crippen LogP contribution in [-0.4, -0.2) is 23.6 Å². The summed E-state index contributed by atoms with van der Waals surface area (Å²) in [5.74, 6) is 0.719. The lowest BCUT2D eigenvalue weighted by atomic mass is 10.1. The molecule has 4 heteroatoms. The lowest BCUT2D eigenvalue weighted by molar-refractivity contribution is -0.120. The van der Waals surface area contributed by atoms with Gasteiger partial charge in [-0.2, -0.15) is 0 Å². The van der Waals surface area contributed by atoms with Gasteiger partial charge in [0, 0.05) is 12.6 Å². The fourth-order valence-corrected chi connectivity index (χ4v) is 2.47. The molecular formula is C14H20N2O2. The third-order valence-corrected chi connectivity index (χ3v) is 3.44. The van der Waals surface area contributed by atoms with Crippen LogP contribution in [0.3, 0.4) is 0 Å². The first kappa shape index (κ1) is 12.9. The van der Waals surface area contributed by atoms with Gasteiger partial charge in [0.1, 0.15) is 5.75 Å². The monoisotopic (exact) mass is 248 g/mol. The number of amides is 1. The molecule has 1 aromatic carbocycles. The Bertz CT molecular complexity index is 420. The smallest absolute Gasteiger partial charge is 0.224 e. The Morgan fingerprint density at radius 1 is 1.44 bits per heavy atom. The van der Waals surface area contributed by atoms with Gasteiger partial charge < -0.3 is 16.2 Å². The highest BCUT2D eigenvalue weighted by Crippen LogP contribution is 2.23. The van der Waals surface area contributed by atoms with Gasteiger partial charge in [0.15, 0.2) is 0 Å². The molecule has 2 atom stereocenters. The van der Waals surface area contributed by atoms with Crippen molar-refractivity contribution in [3.63, 3.8) is 0 Å². The molecule has 2 unspecified atom stereocenters. The molecule has 0 heterocycles. The SMILES string of the molecule is NC1CCC(CNC(=O)Cc2cccc(O)c2)C1. The average Bonchev–Trinajstić information content (AvgIpc) is 2.73. The van der Waals surface area contributed by atoms with E-state index in [0.29, 0.717) is 24.9 Å². The number of phenolic OH excluding ortho intramolecular Hbond substituents is 1. The number of hydrogen-bond donors (Lipinski definition) is 3. The zero-order chi connectivity index (χ0) is 13.0. The van der Waals surface area contributed by atoms with Crippen molar-refractivity contribution in [2.45, 2.75) is 31.7 Å². The first-order valence-corrected chi connectivity index (χ1v) is 6.43. The Labute approximate surface area is 107 Å². The molecule has 0 spiro atoms. The topological polar surface area (TPSA) is 75.3 Å². The molecule has 0 radical (unpaired) electrons. The number of hydrogen-bond acceptors (Lipinski definition) is 3. The summed E-state index contributed by atoms with van der Waals surface area (Å²) in [6.45, 7) is 0.714. The minimum atomic E-state index is 0.000992. The molecule has 2 rings (SSSR count). The molecule has 0 aromatic heterocycles. The van der Waals surface area contributed by atoms with Crippen LogP contribution in [0.5, 0.6) is 5.75 Å². The minimum absolute atomic E-state index is 0.000992. The van der Waals surface area contributed by atoms with Crippen molar-refractivity contribution in [2.75, 3.05) is 6.54 Å². The first-order valence-electron chi connectivity index (χ1n) is 6.43. The van der Waals surface area contributed by atoms with Crippen LogP contribution in [0.25, 0.3) is 0 Å². The Morgan fingerprint density at radius 3 is 2.94 bits per heavy atom. The van der Waals surface area contributed by atoms with Gasteiger partial charge in [-0.25, -0.2) is 0 Å². The van der Waals surface area contributed by atoms with Gasteiger partial charge >= 0.3 is 0 Å². The highest BCUT2D eigenvalue weighted by molar-refractivity contribution is 5.78. The van der Waals surface area contributed by atoms with Crippen LogP contribution in [0.2, 0.25) is 0 Å². The number of rotatable bonds is 4. The lowest BCUT2D eigenvalue weighted by Gasteiger charge is -2.11. The zero-order valence-corrected chi connectivity index (χ0v) is 10.4. The largest absolute Gasteiger partial charge is 0.508 e. The number of benzene rings is 1. The summed E-state index contributed by atoms with van der Waals surface area (Å²) < 4.78 is 0. The van der Waals surface area contributed by atoms with E-state index in [1.807, 2.05) is 6.07 Å². The van der Waals surface area contributed by atoms with Gasteiger partial charge in [-0.1, -0.05) is 12.1 Å². The summed E-state index contributed by atoms with van der Waals surface area (Å²) >= 11 is 0. The maximum atomic E-state index is 11.7. The molecule has 1 saturated carbocycles. The Morgan fingerprint density at radius 2 is 2.28 bits per heavy atom. The molecule has 1 aliphatic rings. The van der Waals surface area contributed by atoms with E-state index in [2.05, 4.69) is 5.32 Å². The molecule has 98 valence electrons. The van der Waals surface area contributed by atoms with Crippen LogP contribution in [-0.2, 0) is 11.2 Å². The van der Waals surface area contributed by atoms with E-state index in [4.69, 9.17) is 5.73 Å². The molecular weight excluding hydrogens is 228 g/mol. The summed E-state index contributed by atoms with van der Waals surface area (Å²) in [7, 11) is 0. The van der Waals surface area contributed by atoms with Gasteiger partial charge in [0.2, 0.25) is 5.91 Å². The molecule has 1 aliphatic carbocycles. The number of phenols is 1. The molecule has 18 heavy (non-hydrogen) atoms. The molecule has 1 aromatic rings. The van der Waals surface area contributed by atoms with E-state index in [9.17, 15) is 9.90 Å². The molecule has 1 amide bonds. The average molecular weight is 248 g/mol. The van der Waals surface area contributed by atoms with Crippen molar-refractivity contribution in [1.29, 1.82) is 0 Å². The van der Waals surface area contributed by atoms with E-state index >= 15 is 0 Å². The van der Waals surface area contributed by atoms with Crippen molar-refractivity contribution in [1.82, 2.24) is 5.32 Å². The second-order valence-electron chi connectivity index (χ2n) is 5.09. The number of carbonyl (C=O) groups is 1. The second-order valence-corrected chi connectivity index (χ2v) is 5.09. The molecule has 0 aliphatic heterocycles. The van der Waals surface area contributed by atoms with Crippen LogP contribution in [0, 0.1) is 5.92 Å². The van der Waals surface area contributed by atoms with Crippen LogP contribution in [0.15, 0.2) is 24.3 Å². The van der Waals surface area contributed by atoms with Gasteiger partial charge in [0.25, 0.3) is 0 Å². The van der Waals surface area contributed by atoms with Gasteiger partial charge in [0.05, 0.1) is 6.42 Å². The summed E-state index contributed by atoms with van der Waals surface area (Å²) in [5, 5.41) is 12.2. The Kier molecular flexibility index (Phi) is 4.20. The minimum Gasteiger partial charge on any atom is -0.508 e. The van der Waals surface area contributed by atoms with Crippen LogP contribution in [0.4, 0.5) is 0 Å². The molecule has 4 N–H and O–H groups in total. The second kappa shape index (κ2) is 5.87. The predicted molar refractivity (Wildman–Crippen MR) is 70.1 cm³/mol. The Balaban J connectivity index is 1.75. The molecule has 0 saturated heterocycles. The Hall–Kier alpha value is -1.55.